The highest BCUT2D eigenvalue weighted by atomic mass is 35.5. The number of hydrogen-bond acceptors (Lipinski definition) is 3. The first-order chi connectivity index (χ1) is 10.3. The second-order valence-electron chi connectivity index (χ2n) is 4.52. The van der Waals surface area contributed by atoms with Crippen LogP contribution >= 0.6 is 11.6 Å². The molecule has 22 heavy (non-hydrogen) atoms. The van der Waals surface area contributed by atoms with Crippen molar-refractivity contribution in [2.45, 2.75) is 25.7 Å². The molecule has 0 aliphatic rings. The summed E-state index contributed by atoms with van der Waals surface area (Å²) in [6.07, 6.45) is 0.402. The summed E-state index contributed by atoms with van der Waals surface area (Å²) < 4.78 is 39.7. The van der Waals surface area contributed by atoms with Gasteiger partial charge in [0.15, 0.2) is 5.69 Å². The molecule has 0 atom stereocenters. The van der Waals surface area contributed by atoms with Gasteiger partial charge in [-0.25, -0.2) is 0 Å². The molecular weight excluding hydrogens is 323 g/mol. The molecule has 2 aromatic rings. The van der Waals surface area contributed by atoms with E-state index in [1.54, 1.807) is 10.9 Å². The lowest BCUT2D eigenvalue weighted by Gasteiger charge is -2.06. The molecule has 6 nitrogen and oxygen atoms in total. The van der Waals surface area contributed by atoms with Gasteiger partial charge in [-0.3, -0.25) is 14.2 Å². The molecule has 0 aromatic carbocycles. The third-order valence-electron chi connectivity index (χ3n) is 2.72. The third-order valence-corrected chi connectivity index (χ3v) is 2.92. The van der Waals surface area contributed by atoms with Gasteiger partial charge >= 0.3 is 6.18 Å². The molecule has 0 spiro atoms. The van der Waals surface area contributed by atoms with Crippen molar-refractivity contribution in [3.05, 3.63) is 35.4 Å². The molecule has 0 radical (unpaired) electrons. The minimum Gasteiger partial charge on any atom is -0.354 e. The summed E-state index contributed by atoms with van der Waals surface area (Å²) in [6, 6.07) is 0.828. The summed E-state index contributed by atoms with van der Waals surface area (Å²) in [7, 11) is 0. The van der Waals surface area contributed by atoms with Crippen LogP contribution in [0.5, 0.6) is 0 Å². The summed E-state index contributed by atoms with van der Waals surface area (Å²) in [6.45, 7) is 0.695. The lowest BCUT2D eigenvalue weighted by atomic mass is 10.4. The lowest BCUT2D eigenvalue weighted by molar-refractivity contribution is -0.141. The smallest absolute Gasteiger partial charge is 0.354 e. The SMILES string of the molecule is O=C(Cn1ccc(C(F)(F)F)n1)NCCCn1cc(Cl)cn1. The van der Waals surface area contributed by atoms with Gasteiger partial charge in [0.05, 0.1) is 11.2 Å². The predicted octanol–water partition coefficient (Wildman–Crippen LogP) is 1.96. The van der Waals surface area contributed by atoms with Gasteiger partial charge in [-0.1, -0.05) is 11.6 Å². The summed E-state index contributed by atoms with van der Waals surface area (Å²) >= 11 is 5.71. The van der Waals surface area contributed by atoms with Crippen molar-refractivity contribution in [2.24, 2.45) is 0 Å². The topological polar surface area (TPSA) is 64.7 Å². The maximum Gasteiger partial charge on any atom is 0.435 e. The number of nitrogens with zero attached hydrogens (tertiary/aromatic N) is 4. The first-order valence-electron chi connectivity index (χ1n) is 6.40. The van der Waals surface area contributed by atoms with Gasteiger partial charge in [0.1, 0.15) is 6.54 Å². The number of carbonyl (C=O) groups excluding carboxylic acids is 1. The van der Waals surface area contributed by atoms with Gasteiger partial charge in [-0.05, 0) is 12.5 Å². The fraction of sp³-hybridized carbons (Fsp3) is 0.417. The van der Waals surface area contributed by atoms with Crippen LogP contribution in [0.15, 0.2) is 24.7 Å². The summed E-state index contributed by atoms with van der Waals surface area (Å²) in [5, 5.41) is 10.4. The fourth-order valence-electron chi connectivity index (χ4n) is 1.73. The molecule has 1 amide bonds. The monoisotopic (exact) mass is 335 g/mol. The standard InChI is InChI=1S/C12H13ClF3N5O/c13-9-6-18-20(7-9)4-1-3-17-11(22)8-21-5-2-10(19-21)12(14,15)16/h2,5-7H,1,3-4,8H2,(H,17,22). The molecule has 0 unspecified atom stereocenters. The maximum absolute atomic E-state index is 12.4. The number of halogens is 4. The van der Waals surface area contributed by atoms with Gasteiger partial charge in [0.2, 0.25) is 5.91 Å². The van der Waals surface area contributed by atoms with Crippen LogP contribution < -0.4 is 5.32 Å². The quantitative estimate of drug-likeness (QED) is 0.821. The van der Waals surface area contributed by atoms with Gasteiger partial charge in [0, 0.05) is 25.5 Å². The molecule has 0 saturated carbocycles. The van der Waals surface area contributed by atoms with Crippen molar-refractivity contribution in [1.82, 2.24) is 24.9 Å². The second kappa shape index (κ2) is 6.82. The van der Waals surface area contributed by atoms with Crippen LogP contribution in [-0.4, -0.2) is 32.0 Å². The molecule has 2 rings (SSSR count). The molecule has 10 heteroatoms. The molecule has 0 aliphatic heterocycles. The molecular formula is C12H13ClF3N5O. The minimum atomic E-state index is -4.51. The number of rotatable bonds is 6. The molecule has 2 heterocycles. The van der Waals surface area contributed by atoms with Crippen LogP contribution in [0.1, 0.15) is 12.1 Å². The third kappa shape index (κ3) is 4.76. The first kappa shape index (κ1) is 16.3. The molecule has 2 aromatic heterocycles. The Bertz CT molecular complexity index is 637. The van der Waals surface area contributed by atoms with Gasteiger partial charge < -0.3 is 5.32 Å². The van der Waals surface area contributed by atoms with Crippen LogP contribution in [-0.2, 0) is 24.1 Å². The van der Waals surface area contributed by atoms with E-state index < -0.39 is 17.8 Å². The highest BCUT2D eigenvalue weighted by Crippen LogP contribution is 2.27. The summed E-state index contributed by atoms with van der Waals surface area (Å²) in [5.41, 5.74) is -1.02. The second-order valence-corrected chi connectivity index (χ2v) is 4.96. The van der Waals surface area contributed by atoms with E-state index in [0.29, 0.717) is 24.5 Å². The van der Waals surface area contributed by atoms with Crippen LogP contribution in [0.3, 0.4) is 0 Å². The largest absolute Gasteiger partial charge is 0.435 e. The Balaban J connectivity index is 1.70. The van der Waals surface area contributed by atoms with Gasteiger partial charge in [-0.2, -0.15) is 23.4 Å². The summed E-state index contributed by atoms with van der Waals surface area (Å²) in [4.78, 5) is 11.6. The Kier molecular flexibility index (Phi) is 5.07. The summed E-state index contributed by atoms with van der Waals surface area (Å²) in [5.74, 6) is -0.407. The molecule has 0 saturated heterocycles. The number of alkyl halides is 3. The number of nitrogens with one attached hydrogen (secondary N) is 1. The van der Waals surface area contributed by atoms with E-state index in [4.69, 9.17) is 11.6 Å². The Morgan fingerprint density at radius 3 is 2.73 bits per heavy atom. The van der Waals surface area contributed by atoms with Crippen molar-refractivity contribution in [3.8, 4) is 0 Å². The number of hydrogen-bond donors (Lipinski definition) is 1. The highest BCUT2D eigenvalue weighted by Gasteiger charge is 2.33. The number of aryl methyl sites for hydroxylation is 1. The average Bonchev–Trinajstić information content (AvgIpc) is 3.03. The van der Waals surface area contributed by atoms with Crippen molar-refractivity contribution < 1.29 is 18.0 Å². The van der Waals surface area contributed by atoms with E-state index in [-0.39, 0.29) is 6.54 Å². The molecule has 120 valence electrons. The van der Waals surface area contributed by atoms with E-state index in [9.17, 15) is 18.0 Å². The Labute approximate surface area is 128 Å². The van der Waals surface area contributed by atoms with Gasteiger partial charge in [-0.15, -0.1) is 0 Å². The fourth-order valence-corrected chi connectivity index (χ4v) is 1.89. The molecule has 0 fully saturated rings. The maximum atomic E-state index is 12.4. The van der Waals surface area contributed by atoms with Crippen molar-refractivity contribution in [3.63, 3.8) is 0 Å². The zero-order valence-corrected chi connectivity index (χ0v) is 12.1. The number of carbonyl (C=O) groups is 1. The Hall–Kier alpha value is -2.03. The van der Waals surface area contributed by atoms with Crippen LogP contribution in [0.4, 0.5) is 13.2 Å². The minimum absolute atomic E-state index is 0.260. The van der Waals surface area contributed by atoms with Gasteiger partial charge in [0.25, 0.3) is 0 Å². The molecule has 0 aliphatic carbocycles. The van der Waals surface area contributed by atoms with E-state index in [1.165, 1.54) is 6.20 Å². The zero-order valence-electron chi connectivity index (χ0n) is 11.3. The van der Waals surface area contributed by atoms with E-state index in [0.717, 1.165) is 16.9 Å². The Morgan fingerprint density at radius 2 is 2.14 bits per heavy atom. The van der Waals surface area contributed by atoms with Crippen LogP contribution in [0, 0.1) is 0 Å². The van der Waals surface area contributed by atoms with Crippen LogP contribution in [0.2, 0.25) is 5.02 Å². The number of aromatic nitrogens is 4. The average molecular weight is 336 g/mol. The van der Waals surface area contributed by atoms with Crippen molar-refractivity contribution in [2.75, 3.05) is 6.54 Å². The van der Waals surface area contributed by atoms with Crippen molar-refractivity contribution >= 4 is 17.5 Å². The van der Waals surface area contributed by atoms with E-state index in [1.807, 2.05) is 0 Å². The Morgan fingerprint density at radius 1 is 1.36 bits per heavy atom. The molecule has 0 bridgehead atoms. The van der Waals surface area contributed by atoms with E-state index in [2.05, 4.69) is 15.5 Å². The normalized spacial score (nSPS) is 11.6. The molecule has 1 N–H and O–H groups in total. The zero-order chi connectivity index (χ0) is 16.2. The van der Waals surface area contributed by atoms with E-state index >= 15 is 0 Å². The predicted molar refractivity (Wildman–Crippen MR) is 72.1 cm³/mol. The van der Waals surface area contributed by atoms with Crippen molar-refractivity contribution in [1.29, 1.82) is 0 Å². The first-order valence-corrected chi connectivity index (χ1v) is 6.78. The highest BCUT2D eigenvalue weighted by molar-refractivity contribution is 6.30. The lowest BCUT2D eigenvalue weighted by Crippen LogP contribution is -2.29. The number of amides is 1. The van der Waals surface area contributed by atoms with Crippen LogP contribution in [0.25, 0.3) is 0 Å².